The summed E-state index contributed by atoms with van der Waals surface area (Å²) in [7, 11) is 0. The topological polar surface area (TPSA) is 15.3 Å². The van der Waals surface area contributed by atoms with E-state index in [0.29, 0.717) is 5.92 Å². The molecule has 1 N–H and O–H groups in total. The summed E-state index contributed by atoms with van der Waals surface area (Å²) in [6.07, 6.45) is -3.30. The lowest BCUT2D eigenvalue weighted by Gasteiger charge is -2.36. The van der Waals surface area contributed by atoms with Crippen LogP contribution in [0.2, 0.25) is 0 Å². The van der Waals surface area contributed by atoms with E-state index in [9.17, 15) is 13.2 Å². The molecule has 23 heavy (non-hydrogen) atoms. The molecule has 0 radical (unpaired) electrons. The highest BCUT2D eigenvalue weighted by Gasteiger charge is 2.31. The number of alkyl halides is 3. The van der Waals surface area contributed by atoms with Gasteiger partial charge in [0.15, 0.2) is 0 Å². The summed E-state index contributed by atoms with van der Waals surface area (Å²) in [6.45, 7) is 8.07. The standard InChI is InChI=1S/C16H23F3N2.2ClH/c1-12(2)11-15(21-9-7-20-8-10-21)13-3-5-14(6-4-13)16(17,18)19;;/h3-6,12,15,20H,7-11H2,1-2H3;2*1H/t15-;;/m0../s1. The molecule has 1 aliphatic heterocycles. The lowest BCUT2D eigenvalue weighted by atomic mass is 9.94. The van der Waals surface area contributed by atoms with Crippen LogP contribution in [0.3, 0.4) is 0 Å². The summed E-state index contributed by atoms with van der Waals surface area (Å²) in [6, 6.07) is 5.88. The van der Waals surface area contributed by atoms with Gasteiger partial charge in [-0.25, -0.2) is 0 Å². The Morgan fingerprint density at radius 2 is 1.57 bits per heavy atom. The van der Waals surface area contributed by atoms with Gasteiger partial charge >= 0.3 is 6.18 Å². The first-order valence-corrected chi connectivity index (χ1v) is 7.50. The molecule has 0 amide bonds. The zero-order chi connectivity index (χ0) is 15.5. The Morgan fingerprint density at radius 3 is 2.00 bits per heavy atom. The van der Waals surface area contributed by atoms with E-state index in [1.165, 1.54) is 12.1 Å². The van der Waals surface area contributed by atoms with Crippen molar-refractivity contribution in [1.29, 1.82) is 0 Å². The van der Waals surface area contributed by atoms with Gasteiger partial charge in [-0.3, -0.25) is 4.90 Å². The Morgan fingerprint density at radius 1 is 1.04 bits per heavy atom. The minimum atomic E-state index is -4.26. The Hall–Kier alpha value is -0.490. The monoisotopic (exact) mass is 372 g/mol. The molecule has 2 rings (SSSR count). The number of hydrogen-bond donors (Lipinski definition) is 1. The molecule has 1 heterocycles. The van der Waals surface area contributed by atoms with Crippen molar-refractivity contribution in [1.82, 2.24) is 10.2 Å². The van der Waals surface area contributed by atoms with Gasteiger partial charge in [0.2, 0.25) is 0 Å². The van der Waals surface area contributed by atoms with Crippen LogP contribution in [0, 0.1) is 5.92 Å². The average Bonchev–Trinajstić information content (AvgIpc) is 2.45. The number of rotatable bonds is 4. The largest absolute Gasteiger partial charge is 0.416 e. The van der Waals surface area contributed by atoms with Crippen molar-refractivity contribution in [3.63, 3.8) is 0 Å². The van der Waals surface area contributed by atoms with Gasteiger partial charge in [0.05, 0.1) is 5.56 Å². The summed E-state index contributed by atoms with van der Waals surface area (Å²) >= 11 is 0. The molecule has 0 saturated carbocycles. The number of nitrogens with one attached hydrogen (secondary N) is 1. The fraction of sp³-hybridized carbons (Fsp3) is 0.625. The zero-order valence-corrected chi connectivity index (χ0v) is 15.0. The number of benzene rings is 1. The third-order valence-electron chi connectivity index (χ3n) is 3.91. The first kappa shape index (κ1) is 22.5. The third-order valence-corrected chi connectivity index (χ3v) is 3.91. The molecule has 0 bridgehead atoms. The maximum atomic E-state index is 12.7. The SMILES string of the molecule is CC(C)C[C@@H](c1ccc(C(F)(F)F)cc1)N1CCNCC1.Cl.Cl. The van der Waals surface area contributed by atoms with Crippen LogP contribution in [0.1, 0.15) is 37.4 Å². The highest BCUT2D eigenvalue weighted by Crippen LogP contribution is 2.32. The zero-order valence-electron chi connectivity index (χ0n) is 13.4. The Bertz CT molecular complexity index is 444. The van der Waals surface area contributed by atoms with Gasteiger partial charge in [-0.05, 0) is 30.0 Å². The third kappa shape index (κ3) is 6.49. The Balaban J connectivity index is 0.00000242. The molecular formula is C16H25Cl2F3N2. The normalized spacial score (nSPS) is 17.3. The van der Waals surface area contributed by atoms with Crippen molar-refractivity contribution in [3.05, 3.63) is 35.4 Å². The van der Waals surface area contributed by atoms with Crippen LogP contribution in [0.15, 0.2) is 24.3 Å². The predicted molar refractivity (Wildman–Crippen MR) is 92.6 cm³/mol. The smallest absolute Gasteiger partial charge is 0.314 e. The summed E-state index contributed by atoms with van der Waals surface area (Å²) in [5, 5.41) is 3.31. The van der Waals surface area contributed by atoms with Crippen LogP contribution >= 0.6 is 24.8 Å². The quantitative estimate of drug-likeness (QED) is 0.834. The molecule has 1 atom stereocenters. The van der Waals surface area contributed by atoms with Crippen molar-refractivity contribution in [3.8, 4) is 0 Å². The molecular weight excluding hydrogens is 348 g/mol. The number of halogens is 5. The molecule has 1 aromatic rings. The highest BCUT2D eigenvalue weighted by molar-refractivity contribution is 5.85. The van der Waals surface area contributed by atoms with Crippen LogP contribution < -0.4 is 5.32 Å². The van der Waals surface area contributed by atoms with Gasteiger partial charge in [0, 0.05) is 32.2 Å². The molecule has 0 spiro atoms. The predicted octanol–water partition coefficient (Wildman–Crippen LogP) is 4.54. The second kappa shape index (κ2) is 9.72. The van der Waals surface area contributed by atoms with E-state index in [2.05, 4.69) is 24.1 Å². The fourth-order valence-corrected chi connectivity index (χ4v) is 2.83. The van der Waals surface area contributed by atoms with Crippen molar-refractivity contribution in [2.75, 3.05) is 26.2 Å². The van der Waals surface area contributed by atoms with Crippen molar-refractivity contribution < 1.29 is 13.2 Å². The minimum absolute atomic E-state index is 0. The highest BCUT2D eigenvalue weighted by atomic mass is 35.5. The number of nitrogens with zero attached hydrogens (tertiary/aromatic N) is 1. The molecule has 1 saturated heterocycles. The molecule has 1 aromatic carbocycles. The van der Waals surface area contributed by atoms with Crippen LogP contribution in [0.25, 0.3) is 0 Å². The van der Waals surface area contributed by atoms with Crippen molar-refractivity contribution in [2.24, 2.45) is 5.92 Å². The van der Waals surface area contributed by atoms with Gasteiger partial charge in [0.1, 0.15) is 0 Å². The lowest BCUT2D eigenvalue weighted by molar-refractivity contribution is -0.137. The molecule has 0 unspecified atom stereocenters. The van der Waals surface area contributed by atoms with E-state index in [1.807, 2.05) is 0 Å². The van der Waals surface area contributed by atoms with E-state index in [4.69, 9.17) is 0 Å². The molecule has 0 aliphatic carbocycles. The summed E-state index contributed by atoms with van der Waals surface area (Å²) in [5.41, 5.74) is 0.411. The molecule has 134 valence electrons. The van der Waals surface area contributed by atoms with Gasteiger partial charge < -0.3 is 5.32 Å². The van der Waals surface area contributed by atoms with Gasteiger partial charge in [-0.2, -0.15) is 13.2 Å². The van der Waals surface area contributed by atoms with Crippen LogP contribution in [-0.4, -0.2) is 31.1 Å². The summed E-state index contributed by atoms with van der Waals surface area (Å²) in [5.74, 6) is 0.507. The van der Waals surface area contributed by atoms with E-state index < -0.39 is 11.7 Å². The van der Waals surface area contributed by atoms with E-state index in [-0.39, 0.29) is 30.9 Å². The van der Waals surface area contributed by atoms with Crippen LogP contribution in [0.5, 0.6) is 0 Å². The minimum Gasteiger partial charge on any atom is -0.314 e. The lowest BCUT2D eigenvalue weighted by Crippen LogP contribution is -2.45. The molecule has 2 nitrogen and oxygen atoms in total. The molecule has 1 fully saturated rings. The first-order valence-electron chi connectivity index (χ1n) is 7.50. The Kier molecular flexibility index (Phi) is 9.51. The van der Waals surface area contributed by atoms with Crippen molar-refractivity contribution >= 4 is 24.8 Å². The van der Waals surface area contributed by atoms with E-state index in [1.54, 1.807) is 12.1 Å². The van der Waals surface area contributed by atoms with Gasteiger partial charge in [-0.15, -0.1) is 24.8 Å². The second-order valence-corrected chi connectivity index (χ2v) is 6.05. The van der Waals surface area contributed by atoms with Crippen LogP contribution in [-0.2, 0) is 6.18 Å². The van der Waals surface area contributed by atoms with Crippen molar-refractivity contribution in [2.45, 2.75) is 32.5 Å². The summed E-state index contributed by atoms with van der Waals surface area (Å²) in [4.78, 5) is 2.37. The molecule has 7 heteroatoms. The fourth-order valence-electron chi connectivity index (χ4n) is 2.83. The second-order valence-electron chi connectivity index (χ2n) is 6.05. The maximum Gasteiger partial charge on any atom is 0.416 e. The molecule has 1 aliphatic rings. The summed E-state index contributed by atoms with van der Waals surface area (Å²) < 4.78 is 38.0. The van der Waals surface area contributed by atoms with E-state index >= 15 is 0 Å². The maximum absolute atomic E-state index is 12.7. The van der Waals surface area contributed by atoms with Gasteiger partial charge in [-0.1, -0.05) is 26.0 Å². The average molecular weight is 373 g/mol. The number of piperazine rings is 1. The first-order chi connectivity index (χ1) is 9.88. The van der Waals surface area contributed by atoms with Gasteiger partial charge in [0.25, 0.3) is 0 Å². The Labute approximate surface area is 148 Å². The number of hydrogen-bond acceptors (Lipinski definition) is 2. The van der Waals surface area contributed by atoms with E-state index in [0.717, 1.165) is 38.2 Å². The molecule has 0 aromatic heterocycles. The van der Waals surface area contributed by atoms with Crippen LogP contribution in [0.4, 0.5) is 13.2 Å².